The second-order valence-electron chi connectivity index (χ2n) is 4.33. The highest BCUT2D eigenvalue weighted by Crippen LogP contribution is 2.41. The SMILES string of the molecule is COc1cc(OC)c2c(NN)c(C)c(C(F)(F)F)nc2c1. The molecule has 0 amide bonds. The lowest BCUT2D eigenvalue weighted by atomic mass is 10.1. The predicted octanol–water partition coefficient (Wildman–Crippen LogP) is 2.86. The number of anilines is 1. The number of hydrogen-bond acceptors (Lipinski definition) is 5. The van der Waals surface area contributed by atoms with Gasteiger partial charge in [0, 0.05) is 17.7 Å². The number of rotatable bonds is 3. The number of nitrogens with zero attached hydrogens (tertiary/aromatic N) is 1. The number of methoxy groups -OCH3 is 2. The number of fused-ring (bicyclic) bond motifs is 1. The van der Waals surface area contributed by atoms with E-state index in [1.54, 1.807) is 6.07 Å². The van der Waals surface area contributed by atoms with Crippen LogP contribution in [0.4, 0.5) is 18.9 Å². The van der Waals surface area contributed by atoms with E-state index in [1.807, 2.05) is 0 Å². The minimum atomic E-state index is -4.58. The van der Waals surface area contributed by atoms with Crippen molar-refractivity contribution in [2.24, 2.45) is 5.84 Å². The van der Waals surface area contributed by atoms with Crippen LogP contribution in [0.3, 0.4) is 0 Å². The van der Waals surface area contributed by atoms with E-state index in [0.29, 0.717) is 16.9 Å². The molecule has 0 spiro atoms. The van der Waals surface area contributed by atoms with E-state index in [2.05, 4.69) is 10.4 Å². The molecule has 1 aromatic carbocycles. The Hall–Kier alpha value is -2.22. The lowest BCUT2D eigenvalue weighted by molar-refractivity contribution is -0.141. The summed E-state index contributed by atoms with van der Waals surface area (Å²) in [5.41, 5.74) is 1.40. The van der Waals surface area contributed by atoms with Gasteiger partial charge in [-0.2, -0.15) is 13.2 Å². The molecule has 2 aromatic rings. The van der Waals surface area contributed by atoms with E-state index in [4.69, 9.17) is 15.3 Å². The van der Waals surface area contributed by atoms with Crippen molar-refractivity contribution in [3.8, 4) is 11.5 Å². The van der Waals surface area contributed by atoms with Gasteiger partial charge in [-0.1, -0.05) is 0 Å². The molecular weight excluding hydrogens is 287 g/mol. The average molecular weight is 301 g/mol. The zero-order chi connectivity index (χ0) is 15.8. The fourth-order valence-corrected chi connectivity index (χ4v) is 2.16. The number of alkyl halides is 3. The minimum Gasteiger partial charge on any atom is -0.497 e. The number of hydrogen-bond donors (Lipinski definition) is 2. The molecule has 0 aliphatic rings. The quantitative estimate of drug-likeness (QED) is 0.674. The van der Waals surface area contributed by atoms with E-state index in [9.17, 15) is 13.2 Å². The predicted molar refractivity (Wildman–Crippen MR) is 72.4 cm³/mol. The Morgan fingerprint density at radius 2 is 1.86 bits per heavy atom. The van der Waals surface area contributed by atoms with E-state index < -0.39 is 11.9 Å². The number of nitrogens with two attached hydrogens (primary N) is 1. The Kier molecular flexibility index (Phi) is 3.82. The van der Waals surface area contributed by atoms with Crippen molar-refractivity contribution in [2.45, 2.75) is 13.1 Å². The fourth-order valence-electron chi connectivity index (χ4n) is 2.16. The van der Waals surface area contributed by atoms with Crippen molar-refractivity contribution >= 4 is 16.6 Å². The normalized spacial score (nSPS) is 11.6. The summed E-state index contributed by atoms with van der Waals surface area (Å²) in [5.74, 6) is 6.05. The molecule has 8 heteroatoms. The summed E-state index contributed by atoms with van der Waals surface area (Å²) in [6.45, 7) is 1.30. The first-order valence-corrected chi connectivity index (χ1v) is 5.93. The Labute approximate surface area is 118 Å². The molecule has 21 heavy (non-hydrogen) atoms. The van der Waals surface area contributed by atoms with Crippen LogP contribution in [0.5, 0.6) is 11.5 Å². The summed E-state index contributed by atoms with van der Waals surface area (Å²) >= 11 is 0. The van der Waals surface area contributed by atoms with Crippen LogP contribution in [-0.4, -0.2) is 19.2 Å². The standard InChI is InChI=1S/C13H14F3N3O2/c1-6-11(19-17)10-8(18-12(6)13(14,15)16)4-7(20-2)5-9(10)21-3/h4-5H,17H2,1-3H3,(H,18,19). The summed E-state index contributed by atoms with van der Waals surface area (Å²) < 4.78 is 49.4. The van der Waals surface area contributed by atoms with Crippen molar-refractivity contribution < 1.29 is 22.6 Å². The van der Waals surface area contributed by atoms with Crippen LogP contribution in [0, 0.1) is 6.92 Å². The molecule has 0 saturated heterocycles. The molecule has 0 aliphatic heterocycles. The third-order valence-corrected chi connectivity index (χ3v) is 3.14. The van der Waals surface area contributed by atoms with Crippen molar-refractivity contribution in [1.82, 2.24) is 4.98 Å². The third kappa shape index (κ3) is 2.54. The molecule has 0 bridgehead atoms. The molecule has 0 radical (unpaired) electrons. The fraction of sp³-hybridized carbons (Fsp3) is 0.308. The molecule has 0 atom stereocenters. The summed E-state index contributed by atoms with van der Waals surface area (Å²) in [6.07, 6.45) is -4.58. The number of nitrogens with one attached hydrogen (secondary N) is 1. The summed E-state index contributed by atoms with van der Waals surface area (Å²) in [6, 6.07) is 2.95. The van der Waals surface area contributed by atoms with E-state index in [0.717, 1.165) is 0 Å². The Morgan fingerprint density at radius 1 is 1.19 bits per heavy atom. The lowest BCUT2D eigenvalue weighted by Gasteiger charge is -2.18. The van der Waals surface area contributed by atoms with Crippen LogP contribution >= 0.6 is 0 Å². The largest absolute Gasteiger partial charge is 0.497 e. The average Bonchev–Trinajstić information content (AvgIpc) is 2.44. The monoisotopic (exact) mass is 301 g/mol. The number of hydrazine groups is 1. The smallest absolute Gasteiger partial charge is 0.433 e. The maximum absolute atomic E-state index is 13.1. The maximum atomic E-state index is 13.1. The van der Waals surface area contributed by atoms with Crippen LogP contribution < -0.4 is 20.7 Å². The van der Waals surface area contributed by atoms with Crippen LogP contribution in [0.25, 0.3) is 10.9 Å². The molecule has 1 aromatic heterocycles. The second kappa shape index (κ2) is 5.28. The molecule has 114 valence electrons. The van der Waals surface area contributed by atoms with E-state index in [1.165, 1.54) is 27.2 Å². The Bertz CT molecular complexity index is 687. The first-order valence-electron chi connectivity index (χ1n) is 5.93. The van der Waals surface area contributed by atoms with Gasteiger partial charge < -0.3 is 14.9 Å². The van der Waals surface area contributed by atoms with Gasteiger partial charge in [-0.3, -0.25) is 5.84 Å². The van der Waals surface area contributed by atoms with Gasteiger partial charge in [0.1, 0.15) is 17.2 Å². The number of aromatic nitrogens is 1. The molecule has 0 unspecified atom stereocenters. The van der Waals surface area contributed by atoms with Gasteiger partial charge in [0.2, 0.25) is 0 Å². The molecule has 0 fully saturated rings. The highest BCUT2D eigenvalue weighted by atomic mass is 19.4. The van der Waals surface area contributed by atoms with Crippen LogP contribution in [0.2, 0.25) is 0 Å². The van der Waals surface area contributed by atoms with Crippen molar-refractivity contribution in [1.29, 1.82) is 0 Å². The summed E-state index contributed by atoms with van der Waals surface area (Å²) in [4.78, 5) is 3.69. The molecule has 2 rings (SSSR count). The maximum Gasteiger partial charge on any atom is 0.433 e. The van der Waals surface area contributed by atoms with E-state index in [-0.39, 0.29) is 16.8 Å². The summed E-state index contributed by atoms with van der Waals surface area (Å²) in [5, 5.41) is 0.367. The van der Waals surface area contributed by atoms with Crippen molar-refractivity contribution in [3.05, 3.63) is 23.4 Å². The van der Waals surface area contributed by atoms with Gasteiger partial charge >= 0.3 is 6.18 Å². The topological polar surface area (TPSA) is 69.4 Å². The van der Waals surface area contributed by atoms with Gasteiger partial charge in [-0.15, -0.1) is 0 Å². The highest BCUT2D eigenvalue weighted by Gasteiger charge is 2.36. The molecule has 3 N–H and O–H groups in total. The van der Waals surface area contributed by atoms with Gasteiger partial charge in [-0.05, 0) is 6.92 Å². The number of halogens is 3. The highest BCUT2D eigenvalue weighted by molar-refractivity contribution is 5.99. The van der Waals surface area contributed by atoms with Gasteiger partial charge in [0.05, 0.1) is 30.8 Å². The molecule has 5 nitrogen and oxygen atoms in total. The van der Waals surface area contributed by atoms with Crippen molar-refractivity contribution in [2.75, 3.05) is 19.6 Å². The van der Waals surface area contributed by atoms with Gasteiger partial charge in [0.15, 0.2) is 0 Å². The zero-order valence-corrected chi connectivity index (χ0v) is 11.6. The molecule has 1 heterocycles. The first kappa shape index (κ1) is 15.2. The third-order valence-electron chi connectivity index (χ3n) is 3.14. The lowest BCUT2D eigenvalue weighted by Crippen LogP contribution is -2.16. The number of nitrogen functional groups attached to an aromatic ring is 1. The molecule has 0 saturated carbocycles. The van der Waals surface area contributed by atoms with Crippen LogP contribution in [0.1, 0.15) is 11.3 Å². The van der Waals surface area contributed by atoms with Gasteiger partial charge in [-0.25, -0.2) is 4.98 Å². The minimum absolute atomic E-state index is 0.0806. The molecule has 0 aliphatic carbocycles. The Balaban J connectivity index is 2.93. The van der Waals surface area contributed by atoms with E-state index >= 15 is 0 Å². The number of pyridine rings is 1. The van der Waals surface area contributed by atoms with Gasteiger partial charge in [0.25, 0.3) is 0 Å². The molecular formula is C13H14F3N3O2. The summed E-state index contributed by atoms with van der Waals surface area (Å²) in [7, 11) is 2.81. The Morgan fingerprint density at radius 3 is 2.33 bits per heavy atom. The number of benzene rings is 1. The van der Waals surface area contributed by atoms with Crippen LogP contribution in [-0.2, 0) is 6.18 Å². The number of ether oxygens (including phenoxy) is 2. The second-order valence-corrected chi connectivity index (χ2v) is 4.33. The van der Waals surface area contributed by atoms with Crippen LogP contribution in [0.15, 0.2) is 12.1 Å². The first-order chi connectivity index (χ1) is 9.83. The van der Waals surface area contributed by atoms with Crippen molar-refractivity contribution in [3.63, 3.8) is 0 Å². The zero-order valence-electron chi connectivity index (χ0n) is 11.6.